The monoisotopic (exact) mass is 264 g/mol. The van der Waals surface area contributed by atoms with Crippen molar-refractivity contribution in [1.82, 2.24) is 5.32 Å². The van der Waals surface area contributed by atoms with E-state index in [1.54, 1.807) is 18.2 Å². The van der Waals surface area contributed by atoms with E-state index >= 15 is 0 Å². The van der Waals surface area contributed by atoms with Crippen molar-refractivity contribution in [2.24, 2.45) is 0 Å². The lowest BCUT2D eigenvalue weighted by Gasteiger charge is -2.31. The van der Waals surface area contributed by atoms with Crippen LogP contribution in [0.3, 0.4) is 0 Å². The van der Waals surface area contributed by atoms with E-state index in [4.69, 9.17) is 21.6 Å². The third kappa shape index (κ3) is 2.95. The highest BCUT2D eigenvalue weighted by Gasteiger charge is 2.26. The predicted molar refractivity (Wildman–Crippen MR) is 71.9 cm³/mol. The molecule has 2 atom stereocenters. The molecular formula is C14H17ClN2O. The van der Waals surface area contributed by atoms with E-state index in [-0.39, 0.29) is 6.10 Å². The molecule has 18 heavy (non-hydrogen) atoms. The molecule has 0 saturated heterocycles. The second-order valence-corrected chi connectivity index (χ2v) is 5.02. The third-order valence-electron chi connectivity index (χ3n) is 3.41. The summed E-state index contributed by atoms with van der Waals surface area (Å²) in [6.07, 6.45) is 4.70. The number of hydrogen-bond acceptors (Lipinski definition) is 3. The number of likely N-dealkylation sites (N-methyl/N-ethyl adjacent to an activating group) is 1. The van der Waals surface area contributed by atoms with Gasteiger partial charge in [0, 0.05) is 11.1 Å². The van der Waals surface area contributed by atoms with Gasteiger partial charge >= 0.3 is 0 Å². The summed E-state index contributed by atoms with van der Waals surface area (Å²) in [5, 5.41) is 12.9. The van der Waals surface area contributed by atoms with Gasteiger partial charge < -0.3 is 10.1 Å². The molecule has 0 aromatic heterocycles. The smallest absolute Gasteiger partial charge is 0.137 e. The number of nitrogens with zero attached hydrogens (tertiary/aromatic N) is 1. The van der Waals surface area contributed by atoms with E-state index in [0.29, 0.717) is 22.4 Å². The summed E-state index contributed by atoms with van der Waals surface area (Å²) in [5.41, 5.74) is 0.503. The fourth-order valence-electron chi connectivity index (χ4n) is 2.42. The van der Waals surface area contributed by atoms with Crippen LogP contribution in [-0.2, 0) is 0 Å². The summed E-state index contributed by atoms with van der Waals surface area (Å²) >= 11 is 5.88. The van der Waals surface area contributed by atoms with Gasteiger partial charge in [-0.2, -0.15) is 5.26 Å². The van der Waals surface area contributed by atoms with E-state index in [0.717, 1.165) is 12.8 Å². The first-order chi connectivity index (χ1) is 8.74. The molecule has 1 saturated carbocycles. The molecule has 3 nitrogen and oxygen atoms in total. The highest BCUT2D eigenvalue weighted by Crippen LogP contribution is 2.27. The first-order valence-corrected chi connectivity index (χ1v) is 6.66. The van der Waals surface area contributed by atoms with Crippen molar-refractivity contribution in [3.63, 3.8) is 0 Å². The van der Waals surface area contributed by atoms with Gasteiger partial charge in [-0.3, -0.25) is 0 Å². The van der Waals surface area contributed by atoms with Gasteiger partial charge in [0.15, 0.2) is 0 Å². The molecule has 2 rings (SSSR count). The molecule has 2 unspecified atom stereocenters. The molecule has 4 heteroatoms. The van der Waals surface area contributed by atoms with Gasteiger partial charge in [0.2, 0.25) is 0 Å². The fraction of sp³-hybridized carbons (Fsp3) is 0.500. The lowest BCUT2D eigenvalue weighted by atomic mass is 9.92. The van der Waals surface area contributed by atoms with E-state index in [1.165, 1.54) is 12.8 Å². The molecule has 0 aliphatic heterocycles. The molecule has 1 N–H and O–H groups in total. The van der Waals surface area contributed by atoms with Crippen molar-refractivity contribution in [2.45, 2.75) is 37.8 Å². The molecule has 1 aromatic carbocycles. The SMILES string of the molecule is CNC1CCCCC1Oc1ccc(Cl)cc1C#N. The minimum Gasteiger partial charge on any atom is -0.487 e. The molecule has 0 bridgehead atoms. The zero-order valence-electron chi connectivity index (χ0n) is 10.4. The lowest BCUT2D eigenvalue weighted by molar-refractivity contribution is 0.117. The quantitative estimate of drug-likeness (QED) is 0.912. The van der Waals surface area contributed by atoms with Crippen molar-refractivity contribution in [3.8, 4) is 11.8 Å². The molecule has 1 aliphatic carbocycles. The van der Waals surface area contributed by atoms with Crippen molar-refractivity contribution < 1.29 is 4.74 Å². The first-order valence-electron chi connectivity index (χ1n) is 6.28. The second-order valence-electron chi connectivity index (χ2n) is 4.59. The highest BCUT2D eigenvalue weighted by molar-refractivity contribution is 6.30. The van der Waals surface area contributed by atoms with Gasteiger partial charge in [0.05, 0.1) is 5.56 Å². The third-order valence-corrected chi connectivity index (χ3v) is 3.65. The summed E-state index contributed by atoms with van der Waals surface area (Å²) in [5.74, 6) is 0.633. The van der Waals surface area contributed by atoms with Crippen molar-refractivity contribution in [1.29, 1.82) is 5.26 Å². The van der Waals surface area contributed by atoms with Crippen LogP contribution in [0.25, 0.3) is 0 Å². The fourth-order valence-corrected chi connectivity index (χ4v) is 2.60. The Morgan fingerprint density at radius 3 is 2.89 bits per heavy atom. The van der Waals surface area contributed by atoms with Gasteiger partial charge in [-0.25, -0.2) is 0 Å². The first kappa shape index (κ1) is 13.2. The van der Waals surface area contributed by atoms with E-state index in [2.05, 4.69) is 11.4 Å². The molecule has 96 valence electrons. The number of ether oxygens (including phenoxy) is 1. The highest BCUT2D eigenvalue weighted by atomic mass is 35.5. The molecular weight excluding hydrogens is 248 g/mol. The topological polar surface area (TPSA) is 45.0 Å². The number of nitrogens with one attached hydrogen (secondary N) is 1. The largest absolute Gasteiger partial charge is 0.487 e. The van der Waals surface area contributed by atoms with E-state index < -0.39 is 0 Å². The minimum absolute atomic E-state index is 0.136. The summed E-state index contributed by atoms with van der Waals surface area (Å²) in [6.45, 7) is 0. The molecule has 0 spiro atoms. The minimum atomic E-state index is 0.136. The Morgan fingerprint density at radius 2 is 2.17 bits per heavy atom. The lowest BCUT2D eigenvalue weighted by Crippen LogP contribution is -2.43. The zero-order valence-corrected chi connectivity index (χ0v) is 11.2. The molecule has 0 heterocycles. The second kappa shape index (κ2) is 6.08. The Balaban J connectivity index is 2.15. The normalized spacial score (nSPS) is 23.4. The van der Waals surface area contributed by atoms with Gasteiger partial charge in [-0.15, -0.1) is 0 Å². The van der Waals surface area contributed by atoms with Crippen molar-refractivity contribution >= 4 is 11.6 Å². The van der Waals surface area contributed by atoms with Crippen LogP contribution >= 0.6 is 11.6 Å². The Morgan fingerprint density at radius 1 is 1.39 bits per heavy atom. The molecule has 1 aromatic rings. The summed E-state index contributed by atoms with van der Waals surface area (Å²) < 4.78 is 5.99. The van der Waals surface area contributed by atoms with Gasteiger partial charge in [-0.05, 0) is 44.5 Å². The Hall–Kier alpha value is -1.24. The number of halogens is 1. The van der Waals surface area contributed by atoms with Crippen LogP contribution in [0, 0.1) is 11.3 Å². The Kier molecular flexibility index (Phi) is 4.46. The van der Waals surface area contributed by atoms with Crippen LogP contribution < -0.4 is 10.1 Å². The zero-order chi connectivity index (χ0) is 13.0. The maximum absolute atomic E-state index is 9.09. The summed E-state index contributed by atoms with van der Waals surface area (Å²) in [4.78, 5) is 0. The molecule has 1 fully saturated rings. The Labute approximate surface area is 113 Å². The average Bonchev–Trinajstić information content (AvgIpc) is 2.41. The van der Waals surface area contributed by atoms with Crippen LogP contribution in [-0.4, -0.2) is 19.2 Å². The summed E-state index contributed by atoms with van der Waals surface area (Å²) in [6, 6.07) is 7.68. The van der Waals surface area contributed by atoms with Crippen LogP contribution in [0.2, 0.25) is 5.02 Å². The van der Waals surface area contributed by atoms with Gasteiger partial charge in [0.25, 0.3) is 0 Å². The van der Waals surface area contributed by atoms with Crippen LogP contribution in [0.4, 0.5) is 0 Å². The van der Waals surface area contributed by atoms with Crippen molar-refractivity contribution in [3.05, 3.63) is 28.8 Å². The number of benzene rings is 1. The predicted octanol–water partition coefficient (Wildman–Crippen LogP) is 3.12. The average molecular weight is 265 g/mol. The van der Waals surface area contributed by atoms with Crippen LogP contribution in [0.5, 0.6) is 5.75 Å². The number of hydrogen-bond donors (Lipinski definition) is 1. The Bertz CT molecular complexity index is 456. The standard InChI is InChI=1S/C14H17ClN2O/c1-17-12-4-2-3-5-14(12)18-13-7-6-11(15)8-10(13)9-16/h6-8,12,14,17H,2-5H2,1H3. The molecule has 0 radical (unpaired) electrons. The van der Waals surface area contributed by atoms with Gasteiger partial charge in [-0.1, -0.05) is 18.0 Å². The van der Waals surface area contributed by atoms with Crippen molar-refractivity contribution in [2.75, 3.05) is 7.05 Å². The number of rotatable bonds is 3. The van der Waals surface area contributed by atoms with Crippen LogP contribution in [0.1, 0.15) is 31.2 Å². The van der Waals surface area contributed by atoms with E-state index in [9.17, 15) is 0 Å². The number of nitriles is 1. The van der Waals surface area contributed by atoms with E-state index in [1.807, 2.05) is 7.05 Å². The maximum Gasteiger partial charge on any atom is 0.137 e. The van der Waals surface area contributed by atoms with Gasteiger partial charge in [0.1, 0.15) is 17.9 Å². The molecule has 1 aliphatic rings. The maximum atomic E-state index is 9.09. The summed E-state index contributed by atoms with van der Waals surface area (Å²) in [7, 11) is 1.96. The van der Waals surface area contributed by atoms with Crippen LogP contribution in [0.15, 0.2) is 18.2 Å². The molecule has 0 amide bonds.